The van der Waals surface area contributed by atoms with Crippen molar-refractivity contribution in [2.24, 2.45) is 0 Å². The van der Waals surface area contributed by atoms with Crippen LogP contribution in [-0.4, -0.2) is 49.9 Å². The molecule has 0 bridgehead atoms. The van der Waals surface area contributed by atoms with Gasteiger partial charge in [-0.1, -0.05) is 12.1 Å². The number of methoxy groups -OCH3 is 1. The van der Waals surface area contributed by atoms with E-state index in [0.717, 1.165) is 24.2 Å². The van der Waals surface area contributed by atoms with Crippen LogP contribution in [-0.2, 0) is 10.3 Å². The highest BCUT2D eigenvalue weighted by Gasteiger charge is 2.27. The number of hydrogen-bond donors (Lipinski definition) is 2. The first-order valence-electron chi connectivity index (χ1n) is 9.00. The standard InChI is InChI=1S/C19H29N3O4/c1-5-26-18(24)22-12-10-15(11-13-22)20-17(23)21-19(2,3)14-6-8-16(25-4)9-7-14/h6-9,15H,5,10-13H2,1-4H3,(H2,20,21,23). The van der Waals surface area contributed by atoms with E-state index >= 15 is 0 Å². The minimum Gasteiger partial charge on any atom is -0.497 e. The molecule has 1 saturated heterocycles. The summed E-state index contributed by atoms with van der Waals surface area (Å²) in [5, 5.41) is 6.02. The highest BCUT2D eigenvalue weighted by atomic mass is 16.6. The molecule has 0 atom stereocenters. The Morgan fingerprint density at radius 1 is 1.19 bits per heavy atom. The SMILES string of the molecule is CCOC(=O)N1CCC(NC(=O)NC(C)(C)c2ccc(OC)cc2)CC1. The zero-order valence-electron chi connectivity index (χ0n) is 16.0. The number of amides is 3. The van der Waals surface area contributed by atoms with Gasteiger partial charge in [0, 0.05) is 19.1 Å². The second kappa shape index (κ2) is 8.78. The van der Waals surface area contributed by atoms with Crippen LogP contribution in [0.15, 0.2) is 24.3 Å². The van der Waals surface area contributed by atoms with Gasteiger partial charge in [-0.05, 0) is 51.3 Å². The van der Waals surface area contributed by atoms with Gasteiger partial charge in [-0.25, -0.2) is 9.59 Å². The van der Waals surface area contributed by atoms with Crippen LogP contribution in [0, 0.1) is 0 Å². The summed E-state index contributed by atoms with van der Waals surface area (Å²) in [5.74, 6) is 0.780. The molecule has 0 saturated carbocycles. The van der Waals surface area contributed by atoms with Crippen molar-refractivity contribution in [3.8, 4) is 5.75 Å². The Bertz CT molecular complexity index is 608. The van der Waals surface area contributed by atoms with E-state index in [1.807, 2.05) is 38.1 Å². The smallest absolute Gasteiger partial charge is 0.409 e. The predicted octanol–water partition coefficient (Wildman–Crippen LogP) is 2.85. The molecule has 144 valence electrons. The van der Waals surface area contributed by atoms with Crippen LogP contribution in [0.1, 0.15) is 39.2 Å². The molecular weight excluding hydrogens is 334 g/mol. The van der Waals surface area contributed by atoms with Crippen molar-refractivity contribution in [2.75, 3.05) is 26.8 Å². The number of nitrogens with zero attached hydrogens (tertiary/aromatic N) is 1. The maximum absolute atomic E-state index is 12.4. The Labute approximate surface area is 155 Å². The third kappa shape index (κ3) is 5.28. The average Bonchev–Trinajstić information content (AvgIpc) is 2.62. The number of nitrogens with one attached hydrogen (secondary N) is 2. The molecule has 1 aliphatic rings. The van der Waals surface area contributed by atoms with Crippen LogP contribution < -0.4 is 15.4 Å². The zero-order chi connectivity index (χ0) is 19.2. The summed E-state index contributed by atoms with van der Waals surface area (Å²) < 4.78 is 10.2. The number of likely N-dealkylation sites (tertiary alicyclic amines) is 1. The molecule has 26 heavy (non-hydrogen) atoms. The van der Waals surface area contributed by atoms with E-state index in [0.29, 0.717) is 19.7 Å². The normalized spacial score (nSPS) is 15.3. The van der Waals surface area contributed by atoms with E-state index < -0.39 is 5.54 Å². The summed E-state index contributed by atoms with van der Waals surface area (Å²) in [6.07, 6.45) is 1.15. The number of ether oxygens (including phenoxy) is 2. The Kier molecular flexibility index (Phi) is 6.71. The average molecular weight is 363 g/mol. The third-order valence-corrected chi connectivity index (χ3v) is 4.59. The summed E-state index contributed by atoms with van der Waals surface area (Å²) in [6.45, 7) is 7.26. The van der Waals surface area contributed by atoms with Gasteiger partial charge in [0.1, 0.15) is 5.75 Å². The van der Waals surface area contributed by atoms with Gasteiger partial charge in [-0.3, -0.25) is 0 Å². The van der Waals surface area contributed by atoms with Gasteiger partial charge in [-0.15, -0.1) is 0 Å². The highest BCUT2D eigenvalue weighted by Crippen LogP contribution is 2.22. The second-order valence-corrected chi connectivity index (χ2v) is 6.91. The number of benzene rings is 1. The molecule has 0 spiro atoms. The molecule has 1 heterocycles. The van der Waals surface area contributed by atoms with Crippen LogP contribution in [0.4, 0.5) is 9.59 Å². The molecule has 1 aliphatic heterocycles. The first-order chi connectivity index (χ1) is 12.4. The van der Waals surface area contributed by atoms with E-state index in [1.54, 1.807) is 18.9 Å². The van der Waals surface area contributed by atoms with Gasteiger partial charge >= 0.3 is 12.1 Å². The Morgan fingerprint density at radius 2 is 1.81 bits per heavy atom. The van der Waals surface area contributed by atoms with Crippen LogP contribution >= 0.6 is 0 Å². The maximum atomic E-state index is 12.4. The molecule has 1 fully saturated rings. The molecule has 1 aromatic carbocycles. The van der Waals surface area contributed by atoms with Crippen LogP contribution in [0.25, 0.3) is 0 Å². The van der Waals surface area contributed by atoms with Crippen molar-refractivity contribution >= 4 is 12.1 Å². The quantitative estimate of drug-likeness (QED) is 0.843. The molecule has 0 aromatic heterocycles. The Morgan fingerprint density at radius 3 is 2.35 bits per heavy atom. The van der Waals surface area contributed by atoms with Gasteiger partial charge in [0.15, 0.2) is 0 Å². The minimum absolute atomic E-state index is 0.0485. The van der Waals surface area contributed by atoms with Crippen molar-refractivity contribution in [2.45, 2.75) is 45.2 Å². The number of hydrogen-bond acceptors (Lipinski definition) is 4. The van der Waals surface area contributed by atoms with Crippen LogP contribution in [0.3, 0.4) is 0 Å². The lowest BCUT2D eigenvalue weighted by Crippen LogP contribution is -2.52. The minimum atomic E-state index is -0.512. The molecule has 0 aliphatic carbocycles. The first kappa shape index (κ1) is 19.9. The number of carbonyl (C=O) groups excluding carboxylic acids is 2. The lowest BCUT2D eigenvalue weighted by atomic mass is 9.94. The molecule has 0 radical (unpaired) electrons. The van der Waals surface area contributed by atoms with E-state index in [9.17, 15) is 9.59 Å². The van der Waals surface area contributed by atoms with Crippen molar-refractivity contribution < 1.29 is 19.1 Å². The van der Waals surface area contributed by atoms with Crippen molar-refractivity contribution in [1.82, 2.24) is 15.5 Å². The van der Waals surface area contributed by atoms with Gasteiger partial charge in [-0.2, -0.15) is 0 Å². The fourth-order valence-electron chi connectivity index (χ4n) is 3.01. The number of rotatable bonds is 5. The van der Waals surface area contributed by atoms with E-state index in [4.69, 9.17) is 9.47 Å². The summed E-state index contributed by atoms with van der Waals surface area (Å²) in [5.41, 5.74) is 0.479. The lowest BCUT2D eigenvalue weighted by molar-refractivity contribution is 0.0956. The lowest BCUT2D eigenvalue weighted by Gasteiger charge is -2.33. The van der Waals surface area contributed by atoms with E-state index in [2.05, 4.69) is 10.6 Å². The molecule has 3 amide bonds. The molecule has 1 aromatic rings. The van der Waals surface area contributed by atoms with E-state index in [1.165, 1.54) is 0 Å². The van der Waals surface area contributed by atoms with Gasteiger partial charge in [0.25, 0.3) is 0 Å². The predicted molar refractivity (Wildman–Crippen MR) is 99.3 cm³/mol. The van der Waals surface area contributed by atoms with Crippen LogP contribution in [0.2, 0.25) is 0 Å². The second-order valence-electron chi connectivity index (χ2n) is 6.91. The fraction of sp³-hybridized carbons (Fsp3) is 0.579. The maximum Gasteiger partial charge on any atom is 0.409 e. The summed E-state index contributed by atoms with van der Waals surface area (Å²) in [7, 11) is 1.62. The Balaban J connectivity index is 1.83. The fourth-order valence-corrected chi connectivity index (χ4v) is 3.01. The van der Waals surface area contributed by atoms with Crippen molar-refractivity contribution in [3.05, 3.63) is 29.8 Å². The largest absolute Gasteiger partial charge is 0.497 e. The van der Waals surface area contributed by atoms with Crippen molar-refractivity contribution in [1.29, 1.82) is 0 Å². The highest BCUT2D eigenvalue weighted by molar-refractivity contribution is 5.75. The summed E-state index contributed by atoms with van der Waals surface area (Å²) in [6, 6.07) is 7.48. The molecular formula is C19H29N3O4. The molecule has 2 N–H and O–H groups in total. The molecule has 7 heteroatoms. The topological polar surface area (TPSA) is 79.9 Å². The Hall–Kier alpha value is -2.44. The number of piperidine rings is 1. The van der Waals surface area contributed by atoms with Gasteiger partial charge in [0.05, 0.1) is 19.3 Å². The number of carbonyl (C=O) groups is 2. The third-order valence-electron chi connectivity index (χ3n) is 4.59. The van der Waals surface area contributed by atoms with Gasteiger partial charge < -0.3 is 25.0 Å². The number of urea groups is 1. The van der Waals surface area contributed by atoms with Crippen molar-refractivity contribution in [3.63, 3.8) is 0 Å². The van der Waals surface area contributed by atoms with Crippen LogP contribution in [0.5, 0.6) is 5.75 Å². The monoisotopic (exact) mass is 363 g/mol. The zero-order valence-corrected chi connectivity index (χ0v) is 16.0. The summed E-state index contributed by atoms with van der Waals surface area (Å²) in [4.78, 5) is 25.8. The summed E-state index contributed by atoms with van der Waals surface area (Å²) >= 11 is 0. The van der Waals surface area contributed by atoms with E-state index in [-0.39, 0.29) is 18.2 Å². The van der Waals surface area contributed by atoms with Gasteiger partial charge in [0.2, 0.25) is 0 Å². The molecule has 0 unspecified atom stereocenters. The molecule has 7 nitrogen and oxygen atoms in total. The first-order valence-corrected chi connectivity index (χ1v) is 9.00. The molecule has 2 rings (SSSR count).